The molecule has 1 aromatic carbocycles. The lowest BCUT2D eigenvalue weighted by Gasteiger charge is -2.28. The zero-order chi connectivity index (χ0) is 19.1. The van der Waals surface area contributed by atoms with Gasteiger partial charge >= 0.3 is 0 Å². The number of ether oxygens (including phenoxy) is 3. The second-order valence-electron chi connectivity index (χ2n) is 7.97. The van der Waals surface area contributed by atoms with Crippen LogP contribution in [0.25, 0.3) is 0 Å². The van der Waals surface area contributed by atoms with Gasteiger partial charge in [-0.2, -0.15) is 0 Å². The van der Waals surface area contributed by atoms with Gasteiger partial charge in [0.25, 0.3) is 0 Å². The fraction of sp³-hybridized carbons (Fsp3) is 0.667. The van der Waals surface area contributed by atoms with E-state index < -0.39 is 0 Å². The van der Waals surface area contributed by atoms with Crippen molar-refractivity contribution >= 4 is 5.96 Å². The highest BCUT2D eigenvalue weighted by Crippen LogP contribution is 2.34. The molecule has 1 saturated carbocycles. The van der Waals surface area contributed by atoms with Crippen molar-refractivity contribution in [2.75, 3.05) is 46.6 Å². The van der Waals surface area contributed by atoms with Gasteiger partial charge in [-0.05, 0) is 42.9 Å². The van der Waals surface area contributed by atoms with Gasteiger partial charge in [0.1, 0.15) is 13.2 Å². The maximum Gasteiger partial charge on any atom is 0.191 e. The molecule has 2 aliphatic rings. The standard InChI is InChI=1S/C21H33N3O3/c1-21(2,17-7-8-18-19(13-17)27-12-11-26-18)15-24-20(22-3)23-9-4-10-25-14-16-5-6-16/h7-8,13,16H,4-6,9-12,14-15H2,1-3H3,(H2,22,23,24). The maximum absolute atomic E-state index is 5.72. The van der Waals surface area contributed by atoms with Crippen molar-refractivity contribution < 1.29 is 14.2 Å². The number of guanidine groups is 1. The molecule has 3 rings (SSSR count). The molecule has 0 bridgehead atoms. The second kappa shape index (κ2) is 9.31. The molecule has 6 heteroatoms. The molecule has 27 heavy (non-hydrogen) atoms. The predicted molar refractivity (Wildman–Crippen MR) is 108 cm³/mol. The van der Waals surface area contributed by atoms with Crippen molar-refractivity contribution in [1.29, 1.82) is 0 Å². The zero-order valence-electron chi connectivity index (χ0n) is 16.8. The lowest BCUT2D eigenvalue weighted by atomic mass is 9.84. The van der Waals surface area contributed by atoms with Crippen LogP contribution in [0, 0.1) is 5.92 Å². The third-order valence-corrected chi connectivity index (χ3v) is 5.05. The van der Waals surface area contributed by atoms with E-state index in [1.54, 1.807) is 7.05 Å². The summed E-state index contributed by atoms with van der Waals surface area (Å²) in [7, 11) is 1.80. The van der Waals surface area contributed by atoms with Crippen LogP contribution in [0.4, 0.5) is 0 Å². The van der Waals surface area contributed by atoms with E-state index in [1.807, 2.05) is 6.07 Å². The minimum Gasteiger partial charge on any atom is -0.486 e. The zero-order valence-corrected chi connectivity index (χ0v) is 16.8. The first-order valence-corrected chi connectivity index (χ1v) is 10.0. The molecule has 0 unspecified atom stereocenters. The Balaban J connectivity index is 1.42. The summed E-state index contributed by atoms with van der Waals surface area (Å²) in [6.07, 6.45) is 3.67. The summed E-state index contributed by atoms with van der Waals surface area (Å²) in [5.41, 5.74) is 1.14. The Labute approximate surface area is 162 Å². The van der Waals surface area contributed by atoms with Gasteiger partial charge in [0, 0.05) is 38.8 Å². The monoisotopic (exact) mass is 375 g/mol. The second-order valence-corrected chi connectivity index (χ2v) is 7.97. The number of hydrogen-bond acceptors (Lipinski definition) is 4. The van der Waals surface area contributed by atoms with Gasteiger partial charge in [-0.15, -0.1) is 0 Å². The van der Waals surface area contributed by atoms with Crippen LogP contribution in [-0.4, -0.2) is 52.5 Å². The fourth-order valence-corrected chi connectivity index (χ4v) is 3.01. The molecule has 1 heterocycles. The van der Waals surface area contributed by atoms with Crippen LogP contribution in [0.5, 0.6) is 11.5 Å². The first kappa shape index (κ1) is 19.8. The van der Waals surface area contributed by atoms with Crippen LogP contribution in [0.15, 0.2) is 23.2 Å². The van der Waals surface area contributed by atoms with Crippen LogP contribution in [0.2, 0.25) is 0 Å². The van der Waals surface area contributed by atoms with E-state index in [-0.39, 0.29) is 5.41 Å². The Morgan fingerprint density at radius 2 is 1.96 bits per heavy atom. The molecular weight excluding hydrogens is 342 g/mol. The summed E-state index contributed by atoms with van der Waals surface area (Å²) in [6.45, 7) is 9.01. The summed E-state index contributed by atoms with van der Waals surface area (Å²) in [5.74, 6) is 3.31. The Morgan fingerprint density at radius 3 is 2.70 bits per heavy atom. The molecule has 1 aliphatic carbocycles. The third-order valence-electron chi connectivity index (χ3n) is 5.05. The molecule has 0 spiro atoms. The van der Waals surface area contributed by atoms with E-state index in [2.05, 4.69) is 41.6 Å². The van der Waals surface area contributed by atoms with Gasteiger partial charge in [-0.25, -0.2) is 0 Å². The molecule has 1 fully saturated rings. The number of benzene rings is 1. The largest absolute Gasteiger partial charge is 0.486 e. The Morgan fingerprint density at radius 1 is 1.19 bits per heavy atom. The van der Waals surface area contributed by atoms with E-state index in [1.165, 1.54) is 18.4 Å². The number of hydrogen-bond donors (Lipinski definition) is 2. The molecule has 150 valence electrons. The van der Waals surface area contributed by atoms with E-state index in [0.717, 1.165) is 56.1 Å². The molecule has 0 atom stereocenters. The Kier molecular flexibility index (Phi) is 6.83. The normalized spacial score (nSPS) is 16.9. The van der Waals surface area contributed by atoms with Crippen molar-refractivity contribution in [3.05, 3.63) is 23.8 Å². The number of nitrogens with one attached hydrogen (secondary N) is 2. The molecule has 0 radical (unpaired) electrons. The van der Waals surface area contributed by atoms with E-state index in [0.29, 0.717) is 13.2 Å². The van der Waals surface area contributed by atoms with Crippen molar-refractivity contribution in [2.45, 2.75) is 38.5 Å². The topological polar surface area (TPSA) is 64.1 Å². The molecule has 2 N–H and O–H groups in total. The fourth-order valence-electron chi connectivity index (χ4n) is 3.01. The summed E-state index contributed by atoms with van der Waals surface area (Å²) in [5, 5.41) is 6.79. The molecule has 0 aromatic heterocycles. The minimum absolute atomic E-state index is 0.0686. The van der Waals surface area contributed by atoms with E-state index in [4.69, 9.17) is 14.2 Å². The van der Waals surface area contributed by atoms with Crippen LogP contribution in [0.3, 0.4) is 0 Å². The summed E-state index contributed by atoms with van der Waals surface area (Å²) in [6, 6.07) is 6.20. The highest BCUT2D eigenvalue weighted by atomic mass is 16.6. The smallest absolute Gasteiger partial charge is 0.191 e. The van der Waals surface area contributed by atoms with Gasteiger partial charge in [0.2, 0.25) is 0 Å². The van der Waals surface area contributed by atoms with Gasteiger partial charge in [-0.3, -0.25) is 4.99 Å². The summed E-state index contributed by atoms with van der Waals surface area (Å²) in [4.78, 5) is 4.32. The van der Waals surface area contributed by atoms with Crippen molar-refractivity contribution in [1.82, 2.24) is 10.6 Å². The Bertz CT molecular complexity index is 642. The van der Waals surface area contributed by atoms with Crippen LogP contribution in [0.1, 0.15) is 38.7 Å². The van der Waals surface area contributed by atoms with Crippen LogP contribution < -0.4 is 20.1 Å². The summed E-state index contributed by atoms with van der Waals surface area (Å²) >= 11 is 0. The molecule has 0 amide bonds. The highest BCUT2D eigenvalue weighted by molar-refractivity contribution is 5.79. The average Bonchev–Trinajstić information content (AvgIpc) is 3.51. The molecule has 1 aromatic rings. The molecule has 1 aliphatic heterocycles. The molecule has 0 saturated heterocycles. The number of nitrogens with zero attached hydrogens (tertiary/aromatic N) is 1. The van der Waals surface area contributed by atoms with Crippen molar-refractivity contribution in [3.63, 3.8) is 0 Å². The first-order valence-electron chi connectivity index (χ1n) is 10.0. The van der Waals surface area contributed by atoms with Gasteiger partial charge < -0.3 is 24.8 Å². The Hall–Kier alpha value is -1.95. The molecule has 6 nitrogen and oxygen atoms in total. The van der Waals surface area contributed by atoms with E-state index in [9.17, 15) is 0 Å². The van der Waals surface area contributed by atoms with Gasteiger partial charge in [0.05, 0.1) is 0 Å². The van der Waals surface area contributed by atoms with Crippen LogP contribution >= 0.6 is 0 Å². The maximum atomic E-state index is 5.72. The van der Waals surface area contributed by atoms with Crippen molar-refractivity contribution in [3.8, 4) is 11.5 Å². The third kappa shape index (κ3) is 6.03. The van der Waals surface area contributed by atoms with Crippen LogP contribution in [-0.2, 0) is 10.2 Å². The van der Waals surface area contributed by atoms with E-state index >= 15 is 0 Å². The first-order chi connectivity index (χ1) is 13.1. The van der Waals surface area contributed by atoms with Gasteiger partial charge in [-0.1, -0.05) is 19.9 Å². The SMILES string of the molecule is CN=C(NCCCOCC1CC1)NCC(C)(C)c1ccc2c(c1)OCCO2. The quantitative estimate of drug-likeness (QED) is 0.395. The minimum atomic E-state index is -0.0686. The lowest BCUT2D eigenvalue weighted by Crippen LogP contribution is -2.43. The highest BCUT2D eigenvalue weighted by Gasteiger charge is 2.24. The van der Waals surface area contributed by atoms with Gasteiger partial charge in [0.15, 0.2) is 17.5 Å². The summed E-state index contributed by atoms with van der Waals surface area (Å²) < 4.78 is 17.0. The number of aliphatic imine (C=N–C) groups is 1. The average molecular weight is 376 g/mol. The number of fused-ring (bicyclic) bond motifs is 1. The van der Waals surface area contributed by atoms with Crippen molar-refractivity contribution in [2.24, 2.45) is 10.9 Å². The predicted octanol–water partition coefficient (Wildman–Crippen LogP) is 2.72. The number of rotatable bonds is 9. The molecular formula is C21H33N3O3. The lowest BCUT2D eigenvalue weighted by molar-refractivity contribution is 0.123.